The van der Waals surface area contributed by atoms with Gasteiger partial charge in [0.2, 0.25) is 0 Å². The number of hydrogen-bond donors (Lipinski definition) is 0. The summed E-state index contributed by atoms with van der Waals surface area (Å²) < 4.78 is 1.71. The van der Waals surface area contributed by atoms with Gasteiger partial charge in [0, 0.05) is 23.5 Å². The number of nitrogens with zero attached hydrogens (tertiary/aromatic N) is 1. The molecule has 1 aromatic rings. The molecule has 11 heavy (non-hydrogen) atoms. The van der Waals surface area contributed by atoms with Gasteiger partial charge >= 0.3 is 4.87 Å². The number of rotatable bonds is 0. The van der Waals surface area contributed by atoms with Crippen LogP contribution in [0.25, 0.3) is 0 Å². The van der Waals surface area contributed by atoms with Crippen molar-refractivity contribution >= 4 is 11.3 Å². The quantitative estimate of drug-likeness (QED) is 0.583. The Bertz CT molecular complexity index is 303. The van der Waals surface area contributed by atoms with Gasteiger partial charge in [0.05, 0.1) is 0 Å². The summed E-state index contributed by atoms with van der Waals surface area (Å²) >= 11 is 1.27. The predicted molar refractivity (Wildman–Crippen MR) is 48.3 cm³/mol. The molecule has 0 radical (unpaired) electrons. The average molecular weight is 171 g/mol. The molecule has 1 aromatic heterocycles. The average Bonchev–Trinajstić information content (AvgIpc) is 2.11. The second-order valence-corrected chi connectivity index (χ2v) is 4.52. The number of thiazole rings is 1. The SMILES string of the molecule is Cn1c(C(C)(C)C)csc1=O. The zero-order valence-electron chi connectivity index (χ0n) is 7.34. The maximum absolute atomic E-state index is 11.1. The molecule has 3 heteroatoms. The Kier molecular flexibility index (Phi) is 1.92. The van der Waals surface area contributed by atoms with E-state index in [9.17, 15) is 4.79 Å². The largest absolute Gasteiger partial charge is 0.307 e. The van der Waals surface area contributed by atoms with E-state index < -0.39 is 0 Å². The normalized spacial score (nSPS) is 12.0. The maximum Gasteiger partial charge on any atom is 0.307 e. The van der Waals surface area contributed by atoms with Crippen molar-refractivity contribution in [3.05, 3.63) is 20.7 Å². The van der Waals surface area contributed by atoms with Crippen LogP contribution in [0.1, 0.15) is 26.5 Å². The molecule has 0 bridgehead atoms. The Morgan fingerprint density at radius 2 is 2.00 bits per heavy atom. The molecule has 0 saturated carbocycles. The van der Waals surface area contributed by atoms with Crippen LogP contribution in [-0.4, -0.2) is 4.57 Å². The molecule has 0 aliphatic heterocycles. The molecule has 1 rings (SSSR count). The van der Waals surface area contributed by atoms with Gasteiger partial charge in [-0.2, -0.15) is 0 Å². The van der Waals surface area contributed by atoms with Crippen LogP contribution in [0.2, 0.25) is 0 Å². The van der Waals surface area contributed by atoms with Gasteiger partial charge in [0.15, 0.2) is 0 Å². The first-order chi connectivity index (χ1) is 4.93. The highest BCUT2D eigenvalue weighted by atomic mass is 32.1. The summed E-state index contributed by atoms with van der Waals surface area (Å²) in [4.78, 5) is 11.2. The fraction of sp³-hybridized carbons (Fsp3) is 0.625. The van der Waals surface area contributed by atoms with E-state index in [-0.39, 0.29) is 10.3 Å². The Morgan fingerprint density at radius 3 is 2.18 bits per heavy atom. The van der Waals surface area contributed by atoms with E-state index in [1.165, 1.54) is 11.3 Å². The van der Waals surface area contributed by atoms with Crippen LogP contribution >= 0.6 is 11.3 Å². The third-order valence-corrected chi connectivity index (χ3v) is 2.49. The van der Waals surface area contributed by atoms with Gasteiger partial charge in [-0.05, 0) is 0 Å². The van der Waals surface area contributed by atoms with Gasteiger partial charge in [-0.25, -0.2) is 0 Å². The highest BCUT2D eigenvalue weighted by Crippen LogP contribution is 2.21. The molecule has 0 fully saturated rings. The minimum atomic E-state index is 0.0773. The lowest BCUT2D eigenvalue weighted by atomic mass is 9.93. The van der Waals surface area contributed by atoms with E-state index in [0.29, 0.717) is 0 Å². The topological polar surface area (TPSA) is 22.0 Å². The molecule has 0 N–H and O–H groups in total. The minimum absolute atomic E-state index is 0.0773. The standard InChI is InChI=1S/C8H13NOS/c1-8(2,3)6-5-11-7(10)9(6)4/h5H,1-4H3. The Hall–Kier alpha value is -0.570. The summed E-state index contributed by atoms with van der Waals surface area (Å²) in [6.45, 7) is 6.32. The first kappa shape index (κ1) is 8.53. The fourth-order valence-electron chi connectivity index (χ4n) is 1.04. The maximum atomic E-state index is 11.1. The van der Waals surface area contributed by atoms with Crippen molar-refractivity contribution in [3.63, 3.8) is 0 Å². The van der Waals surface area contributed by atoms with E-state index in [2.05, 4.69) is 20.8 Å². The molecule has 0 spiro atoms. The van der Waals surface area contributed by atoms with Gasteiger partial charge in [0.25, 0.3) is 0 Å². The number of aromatic nitrogens is 1. The lowest BCUT2D eigenvalue weighted by molar-refractivity contribution is 0.539. The second kappa shape index (κ2) is 2.48. The fourth-order valence-corrected chi connectivity index (χ4v) is 2.02. The van der Waals surface area contributed by atoms with Crippen LogP contribution in [0.15, 0.2) is 10.2 Å². The van der Waals surface area contributed by atoms with Crippen LogP contribution in [0.4, 0.5) is 0 Å². The summed E-state index contributed by atoms with van der Waals surface area (Å²) in [5.74, 6) is 0. The highest BCUT2D eigenvalue weighted by molar-refractivity contribution is 7.07. The van der Waals surface area contributed by atoms with Gasteiger partial charge in [0.1, 0.15) is 0 Å². The molecule has 1 heterocycles. The molecule has 0 aliphatic carbocycles. The van der Waals surface area contributed by atoms with Gasteiger partial charge in [-0.15, -0.1) is 0 Å². The summed E-state index contributed by atoms with van der Waals surface area (Å²) in [5, 5.41) is 1.93. The van der Waals surface area contributed by atoms with E-state index >= 15 is 0 Å². The second-order valence-electron chi connectivity index (χ2n) is 3.70. The molecule has 2 nitrogen and oxygen atoms in total. The van der Waals surface area contributed by atoms with Crippen molar-refractivity contribution < 1.29 is 0 Å². The zero-order chi connectivity index (χ0) is 8.65. The third-order valence-electron chi connectivity index (χ3n) is 1.68. The lowest BCUT2D eigenvalue weighted by Gasteiger charge is -2.17. The molecule has 0 saturated heterocycles. The summed E-state index contributed by atoms with van der Waals surface area (Å²) in [7, 11) is 1.82. The first-order valence-corrected chi connectivity index (χ1v) is 4.46. The van der Waals surface area contributed by atoms with Crippen molar-refractivity contribution in [2.45, 2.75) is 26.2 Å². The molecule has 0 aliphatic rings. The van der Waals surface area contributed by atoms with Crippen LogP contribution in [0.5, 0.6) is 0 Å². The minimum Gasteiger partial charge on any atom is -0.306 e. The van der Waals surface area contributed by atoms with Gasteiger partial charge < -0.3 is 4.57 Å². The van der Waals surface area contributed by atoms with Crippen molar-refractivity contribution in [3.8, 4) is 0 Å². The van der Waals surface area contributed by atoms with Crippen LogP contribution in [0.3, 0.4) is 0 Å². The Balaban J connectivity index is 3.26. The van der Waals surface area contributed by atoms with E-state index in [0.717, 1.165) is 5.69 Å². The summed E-state index contributed by atoms with van der Waals surface area (Å²) in [6, 6.07) is 0. The van der Waals surface area contributed by atoms with E-state index in [4.69, 9.17) is 0 Å². The Labute approximate surface area is 70.5 Å². The first-order valence-electron chi connectivity index (χ1n) is 3.58. The zero-order valence-corrected chi connectivity index (χ0v) is 8.16. The monoisotopic (exact) mass is 171 g/mol. The van der Waals surface area contributed by atoms with Crippen molar-refractivity contribution in [1.29, 1.82) is 0 Å². The predicted octanol–water partition coefficient (Wildman–Crippen LogP) is 1.74. The number of hydrogen-bond acceptors (Lipinski definition) is 2. The van der Waals surface area contributed by atoms with Gasteiger partial charge in [-0.3, -0.25) is 4.79 Å². The third kappa shape index (κ3) is 1.53. The Morgan fingerprint density at radius 1 is 1.45 bits per heavy atom. The molecule has 0 amide bonds. The van der Waals surface area contributed by atoms with Crippen molar-refractivity contribution in [1.82, 2.24) is 4.57 Å². The molecule has 0 aromatic carbocycles. The summed E-state index contributed by atoms with van der Waals surface area (Å²) in [5.41, 5.74) is 1.18. The highest BCUT2D eigenvalue weighted by Gasteiger charge is 2.17. The van der Waals surface area contributed by atoms with Gasteiger partial charge in [-0.1, -0.05) is 32.1 Å². The smallest absolute Gasteiger partial charge is 0.306 e. The molecular weight excluding hydrogens is 158 g/mol. The lowest BCUT2D eigenvalue weighted by Crippen LogP contribution is -2.20. The molecule has 0 unspecified atom stereocenters. The molecular formula is C8H13NOS. The molecule has 62 valence electrons. The van der Waals surface area contributed by atoms with Crippen LogP contribution < -0.4 is 4.87 Å². The molecule has 0 atom stereocenters. The van der Waals surface area contributed by atoms with Crippen LogP contribution in [0, 0.1) is 0 Å². The van der Waals surface area contributed by atoms with E-state index in [1.54, 1.807) is 4.57 Å². The summed E-state index contributed by atoms with van der Waals surface area (Å²) in [6.07, 6.45) is 0. The van der Waals surface area contributed by atoms with Crippen molar-refractivity contribution in [2.75, 3.05) is 0 Å². The van der Waals surface area contributed by atoms with E-state index in [1.807, 2.05) is 12.4 Å². The van der Waals surface area contributed by atoms with Crippen LogP contribution in [-0.2, 0) is 12.5 Å². The van der Waals surface area contributed by atoms with Crippen molar-refractivity contribution in [2.24, 2.45) is 7.05 Å².